The lowest BCUT2D eigenvalue weighted by Gasteiger charge is -2.21. The fourth-order valence-electron chi connectivity index (χ4n) is 15.7. The number of ether oxygens (including phenoxy) is 3. The Balaban J connectivity index is 0.000000186. The molecule has 3 N–H and O–H groups in total. The molecular formula is C112H122ClF3N8O18. The SMILES string of the molecule is CC(C)CC1NC(=O)N(CC(=O)Cc2ccc(C(F)(F)F)cc2)C1=O.CC(Oc1ccc(/C=C(\C#N)C(N)=O)cc1)c1ccccc1.CCN(CC)c1ccc2c(C)c(Cl)c(=O)oc2c1.CCN(CC)c1ccc2c(C)cc(=O)oc2c1.CCN(CC)c1ccc2ccc(=O)oc2c1.CCOC(=O)Cc1c(C)c2ccc(N(CC)CC)cc2oc1=O.Cc1cc(=O)oc2cc(OC(C)c3ccccc3)ccc12. The van der Waals surface area contributed by atoms with E-state index in [0.29, 0.717) is 63.6 Å². The second-order valence-electron chi connectivity index (χ2n) is 33.6. The van der Waals surface area contributed by atoms with Crippen molar-refractivity contribution in [2.75, 3.05) is 85.1 Å². The normalized spacial score (nSPS) is 12.5. The molecule has 14 aromatic rings. The minimum atomic E-state index is -4.44. The van der Waals surface area contributed by atoms with E-state index in [2.05, 4.69) is 92.4 Å². The molecule has 3 atom stereocenters. The van der Waals surface area contributed by atoms with Crippen LogP contribution in [0.2, 0.25) is 5.02 Å². The molecule has 0 radical (unpaired) electrons. The van der Waals surface area contributed by atoms with Crippen LogP contribution in [0.15, 0.2) is 276 Å². The van der Waals surface area contributed by atoms with Gasteiger partial charge in [-0.1, -0.05) is 110 Å². The van der Waals surface area contributed by atoms with Gasteiger partial charge in [-0.05, 0) is 258 Å². The average Bonchev–Trinajstić information content (AvgIpc) is 1.09. The maximum absolute atomic E-state index is 12.5. The molecule has 26 nitrogen and oxygen atoms in total. The molecule has 5 aromatic heterocycles. The van der Waals surface area contributed by atoms with Crippen LogP contribution in [0.25, 0.3) is 60.9 Å². The Morgan fingerprint density at radius 1 is 0.493 bits per heavy atom. The molecule has 30 heteroatoms. The van der Waals surface area contributed by atoms with Crippen molar-refractivity contribution in [2.45, 2.75) is 161 Å². The van der Waals surface area contributed by atoms with Gasteiger partial charge in [-0.25, -0.2) is 28.8 Å². The number of primary amides is 1. The summed E-state index contributed by atoms with van der Waals surface area (Å²) in [6, 6.07) is 67.3. The summed E-state index contributed by atoms with van der Waals surface area (Å²) in [4.78, 5) is 126. The predicted octanol–water partition coefficient (Wildman–Crippen LogP) is 22.5. The Morgan fingerprint density at radius 3 is 1.38 bits per heavy atom. The van der Waals surface area contributed by atoms with Crippen molar-refractivity contribution in [2.24, 2.45) is 11.7 Å². The number of aryl methyl sites for hydroxylation is 4. The number of nitrogens with zero attached hydrogens (tertiary/aromatic N) is 6. The molecule has 746 valence electrons. The van der Waals surface area contributed by atoms with Gasteiger partial charge in [0.25, 0.3) is 11.8 Å². The molecule has 9 aromatic carbocycles. The zero-order valence-corrected chi connectivity index (χ0v) is 83.8. The van der Waals surface area contributed by atoms with Gasteiger partial charge < -0.3 is 66.9 Å². The number of Topliss-reactive ketones (excluding diaryl/α,β-unsaturated/α-hetero) is 1. The van der Waals surface area contributed by atoms with E-state index in [0.717, 1.165) is 158 Å². The van der Waals surface area contributed by atoms with E-state index in [1.807, 2.05) is 189 Å². The molecule has 15 rings (SSSR count). The van der Waals surface area contributed by atoms with Gasteiger partial charge in [0.2, 0.25) is 0 Å². The third-order valence-electron chi connectivity index (χ3n) is 23.5. The van der Waals surface area contributed by atoms with E-state index in [1.165, 1.54) is 36.4 Å². The van der Waals surface area contributed by atoms with Gasteiger partial charge in [0.15, 0.2) is 5.78 Å². The molecule has 1 fully saturated rings. The summed E-state index contributed by atoms with van der Waals surface area (Å²) in [6.45, 7) is 41.1. The zero-order valence-electron chi connectivity index (χ0n) is 83.1. The van der Waals surface area contributed by atoms with Crippen LogP contribution in [0.3, 0.4) is 0 Å². The zero-order chi connectivity index (χ0) is 104. The van der Waals surface area contributed by atoms with Crippen molar-refractivity contribution in [3.8, 4) is 17.6 Å². The third-order valence-corrected chi connectivity index (χ3v) is 24.0. The lowest BCUT2D eigenvalue weighted by atomic mass is 10.0. The number of halogens is 4. The number of carbonyl (C=O) groups is 5. The topological polar surface area (TPSA) is 342 Å². The van der Waals surface area contributed by atoms with Crippen LogP contribution in [0, 0.1) is 44.9 Å². The standard InChI is InChI=1S/C18H16N2O2.C18H23NO4.C18H16O3.C17H19F3N2O3.C14H16ClNO2.C14H17NO2.C13H15NO2/c1-13(15-5-3-2-4-6-15)22-17-9-7-14(8-10-17)11-16(12-19)18(20)21;1-5-19(6-2)13-8-9-14-12(4)15(11-17(20)22-7-3)18(21)23-16(14)10-13;1-12-10-18(19)21-17-11-15(8-9-16(12)17)20-13(2)14-6-4-3-5-7-14;1-10(2)7-14-15(24)22(16(25)21-14)9-13(23)8-11-3-5-12(6-4-11)17(18,19)20;1-4-16(5-2)10-6-7-11-9(3)13(15)14(17)18-12(11)8-10;1-4-15(5-2)11-6-7-12-10(3)8-14(16)17-13(12)9-11;1-3-14(4-2)11-7-5-10-6-8-13(15)16-12(10)9-11/h2-11,13H,1H3,(H2,20,21);8-10H,5-7,11H2,1-4H3;3-11,13H,1-2H3;3-6,10,14H,7-9H2,1-2H3,(H,21,25);6-8H,4-5H2,1-3H3;6-9H,4-5H2,1-3H3;5-9H,3-4H2,1-2H3/b16-11+;;;;;;. The molecule has 0 aliphatic carbocycles. The van der Waals surface area contributed by atoms with Crippen LogP contribution < -0.4 is 68.3 Å². The number of imide groups is 1. The first-order valence-corrected chi connectivity index (χ1v) is 47.5. The number of hydrogen-bond donors (Lipinski definition) is 2. The van der Waals surface area contributed by atoms with E-state index in [9.17, 15) is 61.1 Å². The number of ketones is 1. The number of anilines is 4. The van der Waals surface area contributed by atoms with E-state index in [4.69, 9.17) is 58.9 Å². The first kappa shape index (κ1) is 110. The van der Waals surface area contributed by atoms with Crippen LogP contribution in [-0.4, -0.2) is 106 Å². The fourth-order valence-corrected chi connectivity index (χ4v) is 15.9. The Bertz CT molecular complexity index is 7080. The molecule has 142 heavy (non-hydrogen) atoms. The molecule has 1 aliphatic heterocycles. The van der Waals surface area contributed by atoms with Crippen molar-refractivity contribution >= 4 is 125 Å². The Kier molecular flexibility index (Phi) is 40.9. The van der Waals surface area contributed by atoms with Gasteiger partial charge in [-0.2, -0.15) is 18.4 Å². The molecule has 1 saturated heterocycles. The highest BCUT2D eigenvalue weighted by Crippen LogP contribution is 2.34. The molecule has 0 bridgehead atoms. The maximum atomic E-state index is 12.5. The number of benzene rings is 9. The van der Waals surface area contributed by atoms with Crippen molar-refractivity contribution in [1.29, 1.82) is 5.26 Å². The Labute approximate surface area is 827 Å². The number of nitrogens with two attached hydrogens (primary N) is 1. The molecule has 3 unspecified atom stereocenters. The van der Waals surface area contributed by atoms with E-state index in [1.54, 1.807) is 49.4 Å². The highest BCUT2D eigenvalue weighted by molar-refractivity contribution is 6.31. The Hall–Kier alpha value is -15.3. The van der Waals surface area contributed by atoms with Crippen LogP contribution >= 0.6 is 11.6 Å². The number of nitrogens with one attached hydrogen (secondary N) is 1. The summed E-state index contributed by atoms with van der Waals surface area (Å²) in [5, 5.41) is 16.1. The summed E-state index contributed by atoms with van der Waals surface area (Å²) in [7, 11) is 0. The number of alkyl halides is 3. The first-order valence-electron chi connectivity index (χ1n) is 47.1. The van der Waals surface area contributed by atoms with Crippen LogP contribution in [0.4, 0.5) is 40.7 Å². The predicted molar refractivity (Wildman–Crippen MR) is 555 cm³/mol. The molecule has 1 aliphatic rings. The number of urea groups is 1. The van der Waals surface area contributed by atoms with Gasteiger partial charge in [0.1, 0.15) is 74.3 Å². The van der Waals surface area contributed by atoms with Gasteiger partial charge in [-0.3, -0.25) is 24.1 Å². The first-order chi connectivity index (χ1) is 67.8. The second-order valence-corrected chi connectivity index (χ2v) is 34.0. The number of fused-ring (bicyclic) bond motifs is 5. The number of amides is 4. The maximum Gasteiger partial charge on any atom is 0.416 e. The van der Waals surface area contributed by atoms with Crippen molar-refractivity contribution in [1.82, 2.24) is 10.2 Å². The minimum absolute atomic E-state index is 0.0598. The summed E-state index contributed by atoms with van der Waals surface area (Å²) < 4.78 is 80.6. The van der Waals surface area contributed by atoms with Gasteiger partial charge in [-0.15, -0.1) is 0 Å². The molecule has 0 saturated carbocycles. The number of rotatable bonds is 29. The number of carbonyl (C=O) groups excluding carboxylic acids is 5. The van der Waals surface area contributed by atoms with Gasteiger partial charge in [0, 0.05) is 157 Å². The highest BCUT2D eigenvalue weighted by atomic mass is 35.5. The Morgan fingerprint density at radius 2 is 0.915 bits per heavy atom. The third kappa shape index (κ3) is 30.6. The number of nitriles is 1. The lowest BCUT2D eigenvalue weighted by molar-refractivity contribution is -0.142. The molecule has 6 heterocycles. The molecule has 4 amide bonds. The summed E-state index contributed by atoms with van der Waals surface area (Å²) in [6.07, 6.45) is -2.85. The van der Waals surface area contributed by atoms with E-state index in [-0.39, 0.29) is 65.0 Å². The van der Waals surface area contributed by atoms with Crippen molar-refractivity contribution < 1.29 is 73.4 Å². The monoisotopic (exact) mass is 1960 g/mol. The number of esters is 1. The number of hydrogen-bond acceptors (Lipinski definition) is 23. The second kappa shape index (κ2) is 52.6. The minimum Gasteiger partial charge on any atom is -0.486 e. The van der Waals surface area contributed by atoms with Gasteiger partial charge >= 0.3 is 46.3 Å². The average molecular weight is 1960 g/mol. The van der Waals surface area contributed by atoms with E-state index >= 15 is 0 Å². The quantitative estimate of drug-likeness (QED) is 0.0145. The van der Waals surface area contributed by atoms with Crippen molar-refractivity contribution in [3.05, 3.63) is 343 Å². The van der Waals surface area contributed by atoms with E-state index < -0.39 is 58.6 Å². The fraction of sp³-hybridized carbons (Fsp3) is 0.312. The summed E-state index contributed by atoms with van der Waals surface area (Å²) in [5.74, 6) is -0.411. The van der Waals surface area contributed by atoms with Crippen LogP contribution in [0.5, 0.6) is 11.5 Å². The molecule has 0 spiro atoms. The van der Waals surface area contributed by atoms with Crippen LogP contribution in [0.1, 0.15) is 164 Å². The highest BCUT2D eigenvalue weighted by Gasteiger charge is 2.39. The largest absolute Gasteiger partial charge is 0.486 e. The van der Waals surface area contributed by atoms with Crippen molar-refractivity contribution in [3.63, 3.8) is 0 Å². The van der Waals surface area contributed by atoms with Crippen LogP contribution in [-0.2, 0) is 42.9 Å². The summed E-state index contributed by atoms with van der Waals surface area (Å²) >= 11 is 5.90. The summed E-state index contributed by atoms with van der Waals surface area (Å²) in [5.41, 5.74) is 16.7. The smallest absolute Gasteiger partial charge is 0.416 e. The lowest BCUT2D eigenvalue weighted by Crippen LogP contribution is -2.36. The molecular weight excluding hydrogens is 1840 g/mol. The van der Waals surface area contributed by atoms with Gasteiger partial charge in [0.05, 0.1) is 30.7 Å².